The van der Waals surface area contributed by atoms with Crippen molar-refractivity contribution < 1.29 is 38.9 Å². The van der Waals surface area contributed by atoms with E-state index >= 15 is 0 Å². The largest absolute Gasteiger partial charge is 0.507 e. The van der Waals surface area contributed by atoms with Crippen molar-refractivity contribution in [3.05, 3.63) is 94.3 Å². The van der Waals surface area contributed by atoms with Gasteiger partial charge in [0.2, 0.25) is 17.7 Å². The highest BCUT2D eigenvalue weighted by Crippen LogP contribution is 2.39. The van der Waals surface area contributed by atoms with Gasteiger partial charge in [0.05, 0.1) is 17.0 Å². The van der Waals surface area contributed by atoms with E-state index in [2.05, 4.69) is 46.7 Å². The number of carboxylic acid groups (broad SMARTS) is 1. The third-order valence-electron chi connectivity index (χ3n) is 10.4. The molecule has 0 saturated carbocycles. The van der Waals surface area contributed by atoms with Crippen LogP contribution < -0.4 is 32.2 Å². The van der Waals surface area contributed by atoms with Crippen molar-refractivity contribution in [1.29, 1.82) is 0 Å². The van der Waals surface area contributed by atoms with Crippen molar-refractivity contribution in [2.45, 2.75) is 84.0 Å². The summed E-state index contributed by atoms with van der Waals surface area (Å²) in [7, 11) is 1.38. The predicted octanol–water partition coefficient (Wildman–Crippen LogP) is 3.05. The zero-order valence-electron chi connectivity index (χ0n) is 35.0. The third-order valence-corrected chi connectivity index (χ3v) is 10.4. The Morgan fingerprint density at radius 1 is 0.933 bits per heavy atom. The Morgan fingerprint density at radius 2 is 1.60 bits per heavy atom. The molecule has 1 aromatic heterocycles. The van der Waals surface area contributed by atoms with Gasteiger partial charge in [0.15, 0.2) is 5.82 Å². The number of nitrogens with one attached hydrogen (secondary N) is 3. The van der Waals surface area contributed by atoms with E-state index in [1.54, 1.807) is 44.2 Å². The van der Waals surface area contributed by atoms with E-state index in [1.807, 2.05) is 24.3 Å². The van der Waals surface area contributed by atoms with Crippen molar-refractivity contribution in [3.8, 4) is 34.0 Å². The van der Waals surface area contributed by atoms with Gasteiger partial charge >= 0.3 is 5.97 Å². The number of aliphatic carboxylic acids is 1. The Morgan fingerprint density at radius 3 is 2.20 bits per heavy atom. The van der Waals surface area contributed by atoms with Gasteiger partial charge in [-0.2, -0.15) is 0 Å². The number of phenolic OH excluding ortho intramolecular Hbond substituents is 1. The molecule has 16 nitrogen and oxygen atoms in total. The quantitative estimate of drug-likeness (QED) is 0.115. The molecule has 0 fully saturated rings. The number of rotatable bonds is 11. The molecule has 4 atom stereocenters. The van der Waals surface area contributed by atoms with Crippen LogP contribution in [0.2, 0.25) is 0 Å². The topological polar surface area (TPSA) is 252 Å². The van der Waals surface area contributed by atoms with Crippen LogP contribution in [0.4, 0.5) is 0 Å². The summed E-state index contributed by atoms with van der Waals surface area (Å²) in [4.78, 5) is 78.8. The normalized spacial score (nSPS) is 17.4. The summed E-state index contributed by atoms with van der Waals surface area (Å²) in [5.41, 5.74) is 15.9. The molecule has 2 heterocycles. The van der Waals surface area contributed by atoms with Crippen LogP contribution in [-0.2, 0) is 31.0 Å². The van der Waals surface area contributed by atoms with Crippen LogP contribution in [0, 0.1) is 13.8 Å². The highest BCUT2D eigenvalue weighted by Gasteiger charge is 2.36. The fourth-order valence-electron chi connectivity index (χ4n) is 7.11. The van der Waals surface area contributed by atoms with Gasteiger partial charge in [0.1, 0.15) is 42.3 Å². The molecule has 5 rings (SSSR count). The van der Waals surface area contributed by atoms with Gasteiger partial charge in [-0.05, 0) is 80.1 Å². The molecule has 3 aromatic carbocycles. The fraction of sp³-hybridized carbons (Fsp3) is 0.386. The summed E-state index contributed by atoms with van der Waals surface area (Å²) in [6, 6.07) is 11.9. The Balaban J connectivity index is 1.53. The summed E-state index contributed by atoms with van der Waals surface area (Å²) in [5, 5.41) is 29.0. The minimum absolute atomic E-state index is 0.00571. The first-order valence-electron chi connectivity index (χ1n) is 19.7. The third kappa shape index (κ3) is 10.1. The second-order valence-corrected chi connectivity index (χ2v) is 16.0. The maximum atomic E-state index is 14.5. The summed E-state index contributed by atoms with van der Waals surface area (Å²) in [6.45, 7) is 11.4. The molecule has 60 heavy (non-hydrogen) atoms. The number of nitrogens with zero attached hydrogens (tertiary/aromatic N) is 3. The predicted molar refractivity (Wildman–Crippen MR) is 225 cm³/mol. The van der Waals surface area contributed by atoms with Gasteiger partial charge in [0.25, 0.3) is 5.91 Å². The molecule has 4 amide bonds. The van der Waals surface area contributed by atoms with E-state index in [4.69, 9.17) is 16.2 Å². The van der Waals surface area contributed by atoms with Crippen LogP contribution in [0.1, 0.15) is 78.6 Å². The molecule has 4 aromatic rings. The zero-order chi connectivity index (χ0) is 44.1. The van der Waals surface area contributed by atoms with Gasteiger partial charge in [-0.1, -0.05) is 57.2 Å². The second-order valence-electron chi connectivity index (χ2n) is 16.0. The van der Waals surface area contributed by atoms with Gasteiger partial charge in [-0.3, -0.25) is 19.2 Å². The molecule has 0 saturated heterocycles. The average Bonchev–Trinajstić information content (AvgIpc) is 3.19. The Labute approximate surface area is 349 Å². The van der Waals surface area contributed by atoms with Crippen LogP contribution in [0.3, 0.4) is 0 Å². The SMILES string of the molecule is Cc1nc(-c2ccc(C(C)(C)C)cc2)nc(C)c1C(=O)NC(CCN)C(=O)N(C)C1C(=O)NC(C)C(=O)NC(C(=O)O)Cc2ccc(O)c(c2)-c2cc1ccc2OCCN. The Bertz CT molecular complexity index is 2250. The number of likely N-dealkylation sites (N-methyl/N-ethyl adjacent to an activating group) is 1. The number of carboxylic acids is 1. The fourth-order valence-corrected chi connectivity index (χ4v) is 7.11. The number of benzene rings is 3. The van der Waals surface area contributed by atoms with Crippen LogP contribution in [0.15, 0.2) is 60.7 Å². The molecular weight excluding hydrogens is 769 g/mol. The van der Waals surface area contributed by atoms with Crippen LogP contribution in [0.5, 0.6) is 11.5 Å². The summed E-state index contributed by atoms with van der Waals surface area (Å²) in [6.07, 6.45) is -0.143. The highest BCUT2D eigenvalue weighted by molar-refractivity contribution is 6.00. The monoisotopic (exact) mass is 822 g/mol. The first-order chi connectivity index (χ1) is 28.3. The van der Waals surface area contributed by atoms with Crippen molar-refractivity contribution in [2.24, 2.45) is 11.5 Å². The number of ether oxygens (including phenoxy) is 1. The lowest BCUT2D eigenvalue weighted by Gasteiger charge is -2.32. The number of hydrogen-bond donors (Lipinski definition) is 7. The number of carbonyl (C=O) groups excluding carboxylic acids is 4. The number of nitrogens with two attached hydrogens (primary N) is 2. The van der Waals surface area contributed by atoms with Gasteiger partial charge in [-0.15, -0.1) is 0 Å². The number of hydrogen-bond acceptors (Lipinski definition) is 11. The Hall–Kier alpha value is -6.39. The van der Waals surface area contributed by atoms with E-state index in [0.717, 1.165) is 16.0 Å². The van der Waals surface area contributed by atoms with Crippen LogP contribution in [0.25, 0.3) is 22.5 Å². The molecule has 4 unspecified atom stereocenters. The maximum absolute atomic E-state index is 14.5. The van der Waals surface area contributed by atoms with Gasteiger partial charge in [-0.25, -0.2) is 14.8 Å². The molecule has 0 spiro atoms. The van der Waals surface area contributed by atoms with E-state index in [1.165, 1.54) is 20.0 Å². The average molecular weight is 823 g/mol. The molecule has 1 aliphatic heterocycles. The number of amides is 4. The van der Waals surface area contributed by atoms with E-state index in [-0.39, 0.29) is 60.4 Å². The van der Waals surface area contributed by atoms with Crippen LogP contribution in [-0.4, -0.2) is 99.5 Å². The maximum Gasteiger partial charge on any atom is 0.326 e. The number of aryl methyl sites for hydroxylation is 2. The lowest BCUT2D eigenvalue weighted by molar-refractivity contribution is -0.143. The number of carbonyl (C=O) groups is 5. The molecule has 16 heteroatoms. The minimum atomic E-state index is -1.42. The van der Waals surface area contributed by atoms with E-state index in [0.29, 0.717) is 34.1 Å². The highest BCUT2D eigenvalue weighted by atomic mass is 16.5. The van der Waals surface area contributed by atoms with Crippen molar-refractivity contribution in [3.63, 3.8) is 0 Å². The lowest BCUT2D eigenvalue weighted by Crippen LogP contribution is -2.55. The van der Waals surface area contributed by atoms with Crippen molar-refractivity contribution in [2.75, 3.05) is 26.7 Å². The summed E-state index contributed by atoms with van der Waals surface area (Å²) < 4.78 is 5.93. The molecular formula is C44H54N8O8. The lowest BCUT2D eigenvalue weighted by atomic mass is 9.86. The van der Waals surface area contributed by atoms with Gasteiger partial charge in [0, 0.05) is 36.7 Å². The smallest absolute Gasteiger partial charge is 0.326 e. The first-order valence-corrected chi connectivity index (χ1v) is 19.7. The zero-order valence-corrected chi connectivity index (χ0v) is 35.0. The van der Waals surface area contributed by atoms with Crippen LogP contribution >= 0.6 is 0 Å². The molecule has 318 valence electrons. The minimum Gasteiger partial charge on any atom is -0.507 e. The number of phenols is 1. The number of aromatic nitrogens is 2. The van der Waals surface area contributed by atoms with E-state index < -0.39 is 53.8 Å². The Kier molecular flexibility index (Phi) is 13.9. The first kappa shape index (κ1) is 44.7. The molecule has 4 bridgehead atoms. The van der Waals surface area contributed by atoms with Crippen molar-refractivity contribution in [1.82, 2.24) is 30.8 Å². The number of aromatic hydroxyl groups is 1. The van der Waals surface area contributed by atoms with Crippen molar-refractivity contribution >= 4 is 29.6 Å². The summed E-state index contributed by atoms with van der Waals surface area (Å²) >= 11 is 0. The van der Waals surface area contributed by atoms with Gasteiger partial charge < -0.3 is 47.3 Å². The molecule has 0 aliphatic carbocycles. The standard InChI is InChI=1S/C44H54N8O8/c1-23-36(24(2)48-38(47-23)27-9-12-29(13-10-27)44(4,5)6)40(55)50-32(16-17-45)42(57)52(7)37-28-11-15-35(60-19-18-46)31(22-28)30-20-26(8-14-34(30)53)21-33(43(58)59)51-39(54)25(3)49-41(37)56/h8-15,20,22,25,32-33,37,53H,16-19,21,45-46H2,1-7H3,(H,49,56)(H,50,55)(H,51,54)(H,58,59). The summed E-state index contributed by atoms with van der Waals surface area (Å²) in [5.74, 6) is -3.62. The second kappa shape index (κ2) is 18.7. The molecule has 9 N–H and O–H groups in total. The number of fused-ring (bicyclic) bond motifs is 5. The van der Waals surface area contributed by atoms with E-state index in [9.17, 15) is 34.2 Å². The molecule has 1 aliphatic rings. The molecule has 0 radical (unpaired) electrons.